The predicted octanol–water partition coefficient (Wildman–Crippen LogP) is 4.90. The first-order valence-corrected chi connectivity index (χ1v) is 14.7. The molecule has 3 heterocycles. The Balaban J connectivity index is 1.25. The van der Waals surface area contributed by atoms with E-state index in [0.717, 1.165) is 33.9 Å². The van der Waals surface area contributed by atoms with E-state index in [9.17, 15) is 9.59 Å². The predicted molar refractivity (Wildman–Crippen MR) is 165 cm³/mol. The zero-order valence-electron chi connectivity index (χ0n) is 25.3. The molecule has 10 nitrogen and oxygen atoms in total. The first kappa shape index (κ1) is 29.3. The number of rotatable bonds is 10. The average Bonchev–Trinajstić information content (AvgIpc) is 3.66. The molecule has 0 aliphatic carbocycles. The number of hydrogen-bond donors (Lipinski definition) is 0. The Morgan fingerprint density at radius 2 is 1.41 bits per heavy atom. The van der Waals surface area contributed by atoms with Crippen LogP contribution < -0.4 is 14.2 Å². The summed E-state index contributed by atoms with van der Waals surface area (Å²) in [6.07, 6.45) is 4.70. The molecule has 2 saturated heterocycles. The van der Waals surface area contributed by atoms with Crippen molar-refractivity contribution in [1.82, 2.24) is 24.5 Å². The zero-order chi connectivity index (χ0) is 30.7. The zero-order valence-corrected chi connectivity index (χ0v) is 25.3. The Morgan fingerprint density at radius 3 is 2.05 bits per heavy atom. The lowest BCUT2D eigenvalue weighted by molar-refractivity contribution is -0.136. The molecule has 228 valence electrons. The molecule has 0 atom stereocenters. The molecule has 2 aliphatic rings. The Labute approximate surface area is 257 Å². The van der Waals surface area contributed by atoms with Crippen LogP contribution in [0.5, 0.6) is 17.2 Å². The monoisotopic (exact) mass is 595 g/mol. The van der Waals surface area contributed by atoms with Crippen molar-refractivity contribution in [3.63, 3.8) is 0 Å². The molecule has 1 spiro atoms. The molecule has 3 amide bonds. The summed E-state index contributed by atoms with van der Waals surface area (Å²) < 4.78 is 18.1. The average molecular weight is 596 g/mol. The molecule has 10 heteroatoms. The number of nitrogens with zero attached hydrogens (tertiary/aromatic N) is 5. The van der Waals surface area contributed by atoms with Gasteiger partial charge in [0.25, 0.3) is 5.91 Å². The summed E-state index contributed by atoms with van der Waals surface area (Å²) in [6.45, 7) is 2.55. The van der Waals surface area contributed by atoms with E-state index in [2.05, 4.69) is 10.00 Å². The molecule has 0 N–H and O–H groups in total. The van der Waals surface area contributed by atoms with Crippen LogP contribution in [0.4, 0.5) is 4.79 Å². The molecule has 0 bridgehead atoms. The number of imide groups is 1. The minimum Gasteiger partial charge on any atom is -0.497 e. The van der Waals surface area contributed by atoms with Gasteiger partial charge in [-0.2, -0.15) is 5.10 Å². The number of urea groups is 1. The molecule has 0 saturated carbocycles. The lowest BCUT2D eigenvalue weighted by Gasteiger charge is -2.42. The van der Waals surface area contributed by atoms with Gasteiger partial charge in [-0.25, -0.2) is 9.48 Å². The highest BCUT2D eigenvalue weighted by Gasteiger charge is 2.57. The Morgan fingerprint density at radius 1 is 0.727 bits per heavy atom. The SMILES string of the molecule is COc1cccc(CN2C(=O)N(Cc3ccc(-n4cccn4)cc3)C3(CCN(Cc4cc(OC)cc(OC)c4)CC3)C2=O)c1. The van der Waals surface area contributed by atoms with Crippen molar-refractivity contribution >= 4 is 11.9 Å². The fraction of sp³-hybridized carbons (Fsp3) is 0.324. The number of piperidine rings is 1. The van der Waals surface area contributed by atoms with E-state index in [1.807, 2.05) is 79.0 Å². The van der Waals surface area contributed by atoms with Gasteiger partial charge in [0.2, 0.25) is 0 Å². The third-order valence-electron chi connectivity index (χ3n) is 8.64. The maximum absolute atomic E-state index is 14.3. The third-order valence-corrected chi connectivity index (χ3v) is 8.64. The maximum atomic E-state index is 14.3. The lowest BCUT2D eigenvalue weighted by atomic mass is 9.85. The summed E-state index contributed by atoms with van der Waals surface area (Å²) in [5.74, 6) is 2.03. The van der Waals surface area contributed by atoms with Crippen molar-refractivity contribution in [3.8, 4) is 22.9 Å². The van der Waals surface area contributed by atoms with Gasteiger partial charge in [-0.3, -0.25) is 14.6 Å². The number of carbonyl (C=O) groups excluding carboxylic acids is 2. The van der Waals surface area contributed by atoms with E-state index in [-0.39, 0.29) is 18.5 Å². The van der Waals surface area contributed by atoms with E-state index in [0.29, 0.717) is 44.8 Å². The molecule has 2 fully saturated rings. The number of ether oxygens (including phenoxy) is 3. The van der Waals surface area contributed by atoms with Gasteiger partial charge < -0.3 is 19.1 Å². The van der Waals surface area contributed by atoms with E-state index in [1.54, 1.807) is 37.1 Å². The minimum atomic E-state index is -0.917. The van der Waals surface area contributed by atoms with Crippen LogP contribution in [0.1, 0.15) is 29.5 Å². The second-order valence-electron chi connectivity index (χ2n) is 11.3. The molecule has 2 aliphatic heterocycles. The molecule has 4 aromatic rings. The molecular weight excluding hydrogens is 558 g/mol. The highest BCUT2D eigenvalue weighted by molar-refractivity contribution is 6.07. The standard InChI is InChI=1S/C34H37N5O5/c1-42-29-7-4-6-26(18-29)23-37-32(40)34(12-16-36(17-13-34)22-27-19-30(43-2)21-31(20-27)44-3)38(33(37)41)24-25-8-10-28(11-9-25)39-15-5-14-35-39/h4-11,14-15,18-21H,12-13,16-17,22-24H2,1-3H3. The van der Waals surface area contributed by atoms with E-state index in [1.165, 1.54) is 4.90 Å². The lowest BCUT2D eigenvalue weighted by Crippen LogP contribution is -2.56. The summed E-state index contributed by atoms with van der Waals surface area (Å²) >= 11 is 0. The Kier molecular flexibility index (Phi) is 8.25. The fourth-order valence-electron chi connectivity index (χ4n) is 6.23. The molecule has 0 radical (unpaired) electrons. The van der Waals surface area contributed by atoms with E-state index >= 15 is 0 Å². The van der Waals surface area contributed by atoms with Crippen LogP contribution in [0.3, 0.4) is 0 Å². The molecule has 44 heavy (non-hydrogen) atoms. The normalized spacial score (nSPS) is 16.5. The van der Waals surface area contributed by atoms with Crippen molar-refractivity contribution in [1.29, 1.82) is 0 Å². The maximum Gasteiger partial charge on any atom is 0.328 e. The molecular formula is C34H37N5O5. The van der Waals surface area contributed by atoms with Crippen LogP contribution in [0, 0.1) is 0 Å². The summed E-state index contributed by atoms with van der Waals surface area (Å²) in [7, 11) is 4.89. The second kappa shape index (κ2) is 12.4. The summed E-state index contributed by atoms with van der Waals surface area (Å²) in [6, 6.07) is 23.0. The van der Waals surface area contributed by atoms with Crippen LogP contribution >= 0.6 is 0 Å². The van der Waals surface area contributed by atoms with Crippen LogP contribution in [0.25, 0.3) is 5.69 Å². The van der Waals surface area contributed by atoms with Gasteiger partial charge in [-0.05, 0) is 72.0 Å². The van der Waals surface area contributed by atoms with Crippen molar-refractivity contribution in [3.05, 3.63) is 102 Å². The fourth-order valence-corrected chi connectivity index (χ4v) is 6.23. The quantitative estimate of drug-likeness (QED) is 0.241. The van der Waals surface area contributed by atoms with Crippen molar-refractivity contribution in [2.75, 3.05) is 34.4 Å². The molecule has 0 unspecified atom stereocenters. The first-order chi connectivity index (χ1) is 21.4. The first-order valence-electron chi connectivity index (χ1n) is 14.7. The van der Waals surface area contributed by atoms with Gasteiger partial charge in [-0.1, -0.05) is 24.3 Å². The highest BCUT2D eigenvalue weighted by atomic mass is 16.5. The highest BCUT2D eigenvalue weighted by Crippen LogP contribution is 2.40. The van der Waals surface area contributed by atoms with Gasteiger partial charge in [0, 0.05) is 44.6 Å². The van der Waals surface area contributed by atoms with Gasteiger partial charge in [-0.15, -0.1) is 0 Å². The number of carbonyl (C=O) groups is 2. The topological polar surface area (TPSA) is 89.4 Å². The Bertz CT molecular complexity index is 1590. The van der Waals surface area contributed by atoms with Gasteiger partial charge in [0.15, 0.2) is 0 Å². The van der Waals surface area contributed by atoms with Gasteiger partial charge in [0.05, 0.1) is 33.6 Å². The van der Waals surface area contributed by atoms with Gasteiger partial charge >= 0.3 is 6.03 Å². The van der Waals surface area contributed by atoms with E-state index in [4.69, 9.17) is 14.2 Å². The van der Waals surface area contributed by atoms with Crippen molar-refractivity contribution in [2.24, 2.45) is 0 Å². The molecule has 6 rings (SSSR count). The largest absolute Gasteiger partial charge is 0.497 e. The van der Waals surface area contributed by atoms with Crippen molar-refractivity contribution in [2.45, 2.75) is 38.0 Å². The smallest absolute Gasteiger partial charge is 0.328 e. The Hall–Kier alpha value is -4.83. The minimum absolute atomic E-state index is 0.138. The van der Waals surface area contributed by atoms with E-state index < -0.39 is 5.54 Å². The third kappa shape index (κ3) is 5.72. The summed E-state index contributed by atoms with van der Waals surface area (Å²) in [5.41, 5.74) is 2.88. The van der Waals surface area contributed by atoms with Crippen molar-refractivity contribution < 1.29 is 23.8 Å². The van der Waals surface area contributed by atoms with Gasteiger partial charge in [0.1, 0.15) is 22.8 Å². The van der Waals surface area contributed by atoms with Crippen LogP contribution in [-0.2, 0) is 24.4 Å². The van der Waals surface area contributed by atoms with Crippen LogP contribution in [-0.4, -0.2) is 76.4 Å². The number of aromatic nitrogens is 2. The molecule has 1 aromatic heterocycles. The summed E-state index contributed by atoms with van der Waals surface area (Å²) in [5, 5.41) is 4.30. The number of hydrogen-bond acceptors (Lipinski definition) is 7. The van der Waals surface area contributed by atoms with Crippen LogP contribution in [0.15, 0.2) is 85.2 Å². The second-order valence-corrected chi connectivity index (χ2v) is 11.3. The van der Waals surface area contributed by atoms with Crippen LogP contribution in [0.2, 0.25) is 0 Å². The summed E-state index contributed by atoms with van der Waals surface area (Å²) in [4.78, 5) is 33.9. The number of likely N-dealkylation sites (tertiary alicyclic amines) is 1. The number of methoxy groups -OCH3 is 3. The molecule has 3 aromatic carbocycles. The number of amides is 3. The number of benzene rings is 3.